The predicted molar refractivity (Wildman–Crippen MR) is 127 cm³/mol. The molecule has 2 aliphatic rings. The summed E-state index contributed by atoms with van der Waals surface area (Å²) in [4.78, 5) is 34.4. The minimum absolute atomic E-state index is 0.109. The molecule has 0 bridgehead atoms. The second-order valence-corrected chi connectivity index (χ2v) is 10.1. The highest BCUT2D eigenvalue weighted by atomic mass is 32.2. The van der Waals surface area contributed by atoms with Gasteiger partial charge in [0.2, 0.25) is 11.8 Å². The van der Waals surface area contributed by atoms with E-state index in [-0.39, 0.29) is 16.7 Å². The lowest BCUT2D eigenvalue weighted by Gasteiger charge is -2.36. The number of thioether (sulfide) groups is 1. The van der Waals surface area contributed by atoms with Crippen LogP contribution in [0.5, 0.6) is 17.5 Å². The summed E-state index contributed by atoms with van der Waals surface area (Å²) in [5.41, 5.74) is 1.64. The number of hydrogen-bond acceptors (Lipinski definition) is 8. The summed E-state index contributed by atoms with van der Waals surface area (Å²) in [6, 6.07) is 7.56. The molecule has 4 rings (SSSR count). The topological polar surface area (TPSA) is 93.7 Å². The van der Waals surface area contributed by atoms with Crippen molar-refractivity contribution < 1.29 is 19.1 Å². The molecule has 2 aromatic rings. The van der Waals surface area contributed by atoms with Crippen LogP contribution in [0.4, 0.5) is 4.79 Å². The van der Waals surface area contributed by atoms with E-state index in [4.69, 9.17) is 9.47 Å². The number of imide groups is 1. The number of rotatable bonds is 6. The van der Waals surface area contributed by atoms with E-state index in [0.717, 1.165) is 35.9 Å². The zero-order valence-electron chi connectivity index (χ0n) is 19.3. The van der Waals surface area contributed by atoms with Crippen molar-refractivity contribution >= 4 is 29.0 Å². The van der Waals surface area contributed by atoms with Gasteiger partial charge in [-0.25, -0.2) is 9.97 Å². The van der Waals surface area contributed by atoms with Crippen molar-refractivity contribution in [1.29, 1.82) is 0 Å². The maximum atomic E-state index is 11.7. The Morgan fingerprint density at radius 1 is 1.18 bits per heavy atom. The first kappa shape index (κ1) is 23.3. The number of nitrogens with zero attached hydrogens (tertiary/aromatic N) is 3. The number of carbonyl (C=O) groups excluding carboxylic acids is 2. The van der Waals surface area contributed by atoms with E-state index < -0.39 is 0 Å². The minimum atomic E-state index is -0.377. The molecule has 3 heterocycles. The van der Waals surface area contributed by atoms with Crippen molar-refractivity contribution in [2.45, 2.75) is 52.1 Å². The molecule has 1 aromatic heterocycles. The third-order valence-corrected chi connectivity index (χ3v) is 6.49. The van der Waals surface area contributed by atoms with E-state index >= 15 is 0 Å². The van der Waals surface area contributed by atoms with Crippen LogP contribution in [0.15, 0.2) is 35.5 Å². The second-order valence-electron chi connectivity index (χ2n) is 9.10. The fourth-order valence-electron chi connectivity index (χ4n) is 4.05. The molecule has 2 amide bonds. The van der Waals surface area contributed by atoms with Crippen molar-refractivity contribution in [2.24, 2.45) is 0 Å². The average Bonchev–Trinajstić information content (AvgIpc) is 3.36. The van der Waals surface area contributed by atoms with Crippen LogP contribution >= 0.6 is 11.8 Å². The van der Waals surface area contributed by atoms with Crippen LogP contribution < -0.4 is 14.8 Å². The van der Waals surface area contributed by atoms with Gasteiger partial charge in [0.15, 0.2) is 0 Å². The van der Waals surface area contributed by atoms with Crippen molar-refractivity contribution in [1.82, 2.24) is 20.2 Å². The Labute approximate surface area is 197 Å². The van der Waals surface area contributed by atoms with E-state index in [2.05, 4.69) is 41.0 Å². The number of carbonyl (C=O) groups is 2. The van der Waals surface area contributed by atoms with Gasteiger partial charge in [-0.3, -0.25) is 19.8 Å². The Morgan fingerprint density at radius 2 is 1.91 bits per heavy atom. The van der Waals surface area contributed by atoms with Crippen LogP contribution in [0, 0.1) is 6.92 Å². The minimum Gasteiger partial charge on any atom is -0.476 e. The van der Waals surface area contributed by atoms with Crippen LogP contribution in [0.2, 0.25) is 0 Å². The standard InChI is InChI=1S/C24H28N4O4S/c1-15-21(31-13-17-6-5-11-28(17)24(2,3)4)25-14-26-22(15)32-18-9-7-16(8-10-18)12-19-20(29)27-23(30)33-19/h7-10,12,14,17H,5-6,11,13H2,1-4H3,(H,27,29,30)/b19-12-. The van der Waals surface area contributed by atoms with Gasteiger partial charge in [0.1, 0.15) is 18.7 Å². The molecule has 2 fully saturated rings. The van der Waals surface area contributed by atoms with Crippen LogP contribution in [0.25, 0.3) is 6.08 Å². The molecule has 33 heavy (non-hydrogen) atoms. The smallest absolute Gasteiger partial charge is 0.290 e. The molecule has 8 nitrogen and oxygen atoms in total. The zero-order chi connectivity index (χ0) is 23.6. The molecule has 2 saturated heterocycles. The molecule has 0 aliphatic carbocycles. The number of hydrogen-bond donors (Lipinski definition) is 1. The van der Waals surface area contributed by atoms with Gasteiger partial charge in [-0.15, -0.1) is 0 Å². The van der Waals surface area contributed by atoms with Gasteiger partial charge >= 0.3 is 0 Å². The quantitative estimate of drug-likeness (QED) is 0.618. The molecule has 0 saturated carbocycles. The van der Waals surface area contributed by atoms with Crippen LogP contribution in [0.3, 0.4) is 0 Å². The van der Waals surface area contributed by atoms with Crippen LogP contribution in [0.1, 0.15) is 44.7 Å². The average molecular weight is 469 g/mol. The molecule has 1 unspecified atom stereocenters. The van der Waals surface area contributed by atoms with Crippen LogP contribution in [-0.4, -0.2) is 50.7 Å². The summed E-state index contributed by atoms with van der Waals surface area (Å²) in [5.74, 6) is 1.18. The zero-order valence-corrected chi connectivity index (χ0v) is 20.1. The highest BCUT2D eigenvalue weighted by Gasteiger charge is 2.33. The lowest BCUT2D eigenvalue weighted by molar-refractivity contribution is -0.115. The third kappa shape index (κ3) is 5.54. The van der Waals surface area contributed by atoms with Crippen LogP contribution in [-0.2, 0) is 4.79 Å². The number of amides is 2. The molecular formula is C24H28N4O4S. The van der Waals surface area contributed by atoms with Gasteiger partial charge in [0.05, 0.1) is 10.5 Å². The Hall–Kier alpha value is -2.91. The lowest BCUT2D eigenvalue weighted by Crippen LogP contribution is -2.46. The van der Waals surface area contributed by atoms with Crippen molar-refractivity contribution in [3.8, 4) is 17.5 Å². The highest BCUT2D eigenvalue weighted by molar-refractivity contribution is 8.18. The number of benzene rings is 1. The summed E-state index contributed by atoms with van der Waals surface area (Å²) >= 11 is 0.890. The Morgan fingerprint density at radius 3 is 2.58 bits per heavy atom. The number of likely N-dealkylation sites (tertiary alicyclic amines) is 1. The first-order chi connectivity index (χ1) is 15.7. The van der Waals surface area contributed by atoms with Crippen molar-refractivity contribution in [3.63, 3.8) is 0 Å². The van der Waals surface area contributed by atoms with Gasteiger partial charge in [-0.05, 0) is 82.6 Å². The number of ether oxygens (including phenoxy) is 2. The fraction of sp³-hybridized carbons (Fsp3) is 0.417. The molecule has 0 radical (unpaired) electrons. The summed E-state index contributed by atoms with van der Waals surface area (Å²) in [6.07, 6.45) is 5.40. The van der Waals surface area contributed by atoms with Gasteiger partial charge in [0.25, 0.3) is 11.1 Å². The van der Waals surface area contributed by atoms with Gasteiger partial charge in [0, 0.05) is 11.6 Å². The molecule has 1 atom stereocenters. The van der Waals surface area contributed by atoms with Gasteiger partial charge < -0.3 is 9.47 Å². The Kier molecular flexibility index (Phi) is 6.71. The summed E-state index contributed by atoms with van der Waals surface area (Å²) in [7, 11) is 0. The third-order valence-electron chi connectivity index (χ3n) is 5.68. The maximum absolute atomic E-state index is 11.7. The normalized spacial score (nSPS) is 20.4. The summed E-state index contributed by atoms with van der Waals surface area (Å²) in [6.45, 7) is 10.2. The molecule has 1 N–H and O–H groups in total. The SMILES string of the molecule is Cc1c(OCC2CCCN2C(C)(C)C)ncnc1Oc1ccc(/C=C2\SC(=O)NC2=O)cc1. The molecule has 2 aliphatic heterocycles. The number of aromatic nitrogens is 2. The van der Waals surface area contributed by atoms with E-state index in [0.29, 0.717) is 35.1 Å². The Balaban J connectivity index is 1.41. The summed E-state index contributed by atoms with van der Waals surface area (Å²) < 4.78 is 12.0. The molecule has 1 aromatic carbocycles. The molecule has 174 valence electrons. The van der Waals surface area contributed by atoms with Gasteiger partial charge in [-0.1, -0.05) is 12.1 Å². The Bertz CT molecular complexity index is 1080. The van der Waals surface area contributed by atoms with Crippen molar-refractivity contribution in [3.05, 3.63) is 46.6 Å². The molecular weight excluding hydrogens is 440 g/mol. The van der Waals surface area contributed by atoms with E-state index in [1.54, 1.807) is 18.2 Å². The number of nitrogens with one attached hydrogen (secondary N) is 1. The monoisotopic (exact) mass is 468 g/mol. The van der Waals surface area contributed by atoms with E-state index in [9.17, 15) is 9.59 Å². The van der Waals surface area contributed by atoms with E-state index in [1.165, 1.54) is 12.7 Å². The fourth-order valence-corrected chi connectivity index (χ4v) is 4.73. The van der Waals surface area contributed by atoms with Crippen molar-refractivity contribution in [2.75, 3.05) is 13.2 Å². The lowest BCUT2D eigenvalue weighted by atomic mass is 10.1. The molecule has 0 spiro atoms. The predicted octanol–water partition coefficient (Wildman–Crippen LogP) is 4.54. The van der Waals surface area contributed by atoms with E-state index in [1.807, 2.05) is 19.1 Å². The second kappa shape index (κ2) is 9.52. The summed E-state index contributed by atoms with van der Waals surface area (Å²) in [5, 5.41) is 1.88. The molecule has 9 heteroatoms. The first-order valence-electron chi connectivity index (χ1n) is 10.9. The maximum Gasteiger partial charge on any atom is 0.290 e. The largest absolute Gasteiger partial charge is 0.476 e. The first-order valence-corrected chi connectivity index (χ1v) is 11.8. The van der Waals surface area contributed by atoms with Gasteiger partial charge in [-0.2, -0.15) is 0 Å². The highest BCUT2D eigenvalue weighted by Crippen LogP contribution is 2.31.